The minimum atomic E-state index is -0.198. The number of carbonyl (C=O) groups is 1. The first-order chi connectivity index (χ1) is 11.7. The molecule has 24 heavy (non-hydrogen) atoms. The zero-order valence-corrected chi connectivity index (χ0v) is 13.4. The van der Waals surface area contributed by atoms with Gasteiger partial charge < -0.3 is 10.1 Å². The van der Waals surface area contributed by atoms with Crippen molar-refractivity contribution in [2.75, 3.05) is 7.11 Å². The standard InChI is InChI=1S/C17H17N5O2/c1-12-3-7-14(8-4-12)22-16(19-20-21-22)11-18-17(23)13-5-9-15(24-2)10-6-13/h3-10H,11H2,1-2H3,(H,18,23). The SMILES string of the molecule is COc1ccc(C(=O)NCc2nnnn2-c2ccc(C)cc2)cc1. The van der Waals surface area contributed by atoms with Crippen molar-refractivity contribution in [3.63, 3.8) is 0 Å². The summed E-state index contributed by atoms with van der Waals surface area (Å²) in [7, 11) is 1.58. The van der Waals surface area contributed by atoms with Crippen LogP contribution in [0.15, 0.2) is 48.5 Å². The van der Waals surface area contributed by atoms with Crippen LogP contribution in [0.5, 0.6) is 5.75 Å². The minimum Gasteiger partial charge on any atom is -0.497 e. The van der Waals surface area contributed by atoms with Crippen molar-refractivity contribution in [2.24, 2.45) is 0 Å². The van der Waals surface area contributed by atoms with E-state index < -0.39 is 0 Å². The third-order valence-electron chi connectivity index (χ3n) is 3.57. The van der Waals surface area contributed by atoms with Crippen LogP contribution in [-0.4, -0.2) is 33.2 Å². The fourth-order valence-corrected chi connectivity index (χ4v) is 2.21. The quantitative estimate of drug-likeness (QED) is 0.775. The van der Waals surface area contributed by atoms with Gasteiger partial charge in [0, 0.05) is 5.56 Å². The number of aryl methyl sites for hydroxylation is 1. The summed E-state index contributed by atoms with van der Waals surface area (Å²) >= 11 is 0. The van der Waals surface area contributed by atoms with Crippen LogP contribution >= 0.6 is 0 Å². The predicted octanol–water partition coefficient (Wildman–Crippen LogP) is 1.91. The van der Waals surface area contributed by atoms with Crippen LogP contribution in [0.25, 0.3) is 5.69 Å². The molecule has 1 amide bonds. The fourth-order valence-electron chi connectivity index (χ4n) is 2.21. The topological polar surface area (TPSA) is 81.9 Å². The van der Waals surface area contributed by atoms with Gasteiger partial charge in [-0.2, -0.15) is 4.68 Å². The average molecular weight is 323 g/mol. The molecule has 0 saturated heterocycles. The van der Waals surface area contributed by atoms with Crippen molar-refractivity contribution in [3.8, 4) is 11.4 Å². The van der Waals surface area contributed by atoms with Crippen molar-refractivity contribution >= 4 is 5.91 Å². The number of ether oxygens (including phenoxy) is 1. The zero-order chi connectivity index (χ0) is 16.9. The summed E-state index contributed by atoms with van der Waals surface area (Å²) in [6.45, 7) is 2.24. The minimum absolute atomic E-state index is 0.198. The largest absolute Gasteiger partial charge is 0.497 e. The smallest absolute Gasteiger partial charge is 0.251 e. The first-order valence-corrected chi connectivity index (χ1v) is 7.44. The molecule has 0 atom stereocenters. The van der Waals surface area contributed by atoms with Gasteiger partial charge in [-0.25, -0.2) is 0 Å². The van der Waals surface area contributed by atoms with E-state index in [0.717, 1.165) is 11.3 Å². The van der Waals surface area contributed by atoms with Crippen molar-refractivity contribution < 1.29 is 9.53 Å². The lowest BCUT2D eigenvalue weighted by Crippen LogP contribution is -2.24. The second kappa shape index (κ2) is 6.91. The van der Waals surface area contributed by atoms with Crippen LogP contribution in [0.2, 0.25) is 0 Å². The van der Waals surface area contributed by atoms with E-state index in [4.69, 9.17) is 4.74 Å². The van der Waals surface area contributed by atoms with E-state index in [1.54, 1.807) is 36.1 Å². The molecule has 0 radical (unpaired) electrons. The summed E-state index contributed by atoms with van der Waals surface area (Å²) in [6.07, 6.45) is 0. The summed E-state index contributed by atoms with van der Waals surface area (Å²) in [5.41, 5.74) is 2.55. The summed E-state index contributed by atoms with van der Waals surface area (Å²) in [5.74, 6) is 1.06. The van der Waals surface area contributed by atoms with Crippen molar-refractivity contribution in [1.82, 2.24) is 25.5 Å². The maximum absolute atomic E-state index is 12.2. The molecule has 7 heteroatoms. The van der Waals surface area contributed by atoms with Crippen LogP contribution in [0.3, 0.4) is 0 Å². The Morgan fingerprint density at radius 3 is 2.50 bits per heavy atom. The summed E-state index contributed by atoms with van der Waals surface area (Å²) in [4.78, 5) is 12.2. The second-order valence-corrected chi connectivity index (χ2v) is 5.25. The van der Waals surface area contributed by atoms with Crippen molar-refractivity contribution in [2.45, 2.75) is 13.5 Å². The monoisotopic (exact) mass is 323 g/mol. The molecule has 122 valence electrons. The first-order valence-electron chi connectivity index (χ1n) is 7.44. The number of rotatable bonds is 5. The number of hydrogen-bond donors (Lipinski definition) is 1. The lowest BCUT2D eigenvalue weighted by molar-refractivity contribution is 0.0949. The maximum Gasteiger partial charge on any atom is 0.251 e. The molecule has 2 aromatic carbocycles. The fraction of sp³-hybridized carbons (Fsp3) is 0.176. The van der Waals surface area contributed by atoms with E-state index in [0.29, 0.717) is 17.1 Å². The molecule has 0 unspecified atom stereocenters. The highest BCUT2D eigenvalue weighted by atomic mass is 16.5. The van der Waals surface area contributed by atoms with Gasteiger partial charge in [-0.05, 0) is 53.7 Å². The number of methoxy groups -OCH3 is 1. The van der Waals surface area contributed by atoms with Crippen LogP contribution in [0.4, 0.5) is 0 Å². The molecule has 3 rings (SSSR count). The number of aromatic nitrogens is 4. The lowest BCUT2D eigenvalue weighted by atomic mass is 10.2. The molecule has 3 aromatic rings. The number of nitrogens with zero attached hydrogens (tertiary/aromatic N) is 4. The predicted molar refractivity (Wildman–Crippen MR) is 88.1 cm³/mol. The number of nitrogens with one attached hydrogen (secondary N) is 1. The average Bonchev–Trinajstić information content (AvgIpc) is 3.09. The van der Waals surface area contributed by atoms with Gasteiger partial charge in [-0.15, -0.1) is 5.10 Å². The van der Waals surface area contributed by atoms with E-state index in [1.807, 2.05) is 31.2 Å². The number of tetrazole rings is 1. The van der Waals surface area contributed by atoms with Gasteiger partial charge in [0.15, 0.2) is 5.82 Å². The van der Waals surface area contributed by atoms with Crippen molar-refractivity contribution in [3.05, 3.63) is 65.5 Å². The van der Waals surface area contributed by atoms with Gasteiger partial charge in [0.1, 0.15) is 5.75 Å². The van der Waals surface area contributed by atoms with Gasteiger partial charge >= 0.3 is 0 Å². The number of hydrogen-bond acceptors (Lipinski definition) is 5. The van der Waals surface area contributed by atoms with Gasteiger partial charge in [-0.1, -0.05) is 17.7 Å². The molecule has 0 aliphatic rings. The van der Waals surface area contributed by atoms with Crippen LogP contribution in [-0.2, 0) is 6.54 Å². The molecule has 0 bridgehead atoms. The second-order valence-electron chi connectivity index (χ2n) is 5.25. The Morgan fingerprint density at radius 2 is 1.83 bits per heavy atom. The molecule has 0 fully saturated rings. The first kappa shape index (κ1) is 15.7. The van der Waals surface area contributed by atoms with Gasteiger partial charge in [0.05, 0.1) is 19.3 Å². The Hall–Kier alpha value is -3.22. The Labute approximate surface area is 139 Å². The van der Waals surface area contributed by atoms with E-state index in [2.05, 4.69) is 20.8 Å². The highest BCUT2D eigenvalue weighted by Crippen LogP contribution is 2.12. The van der Waals surface area contributed by atoms with E-state index in [9.17, 15) is 4.79 Å². The van der Waals surface area contributed by atoms with Crippen molar-refractivity contribution in [1.29, 1.82) is 0 Å². The summed E-state index contributed by atoms with van der Waals surface area (Å²) < 4.78 is 6.68. The van der Waals surface area contributed by atoms with Gasteiger partial charge in [-0.3, -0.25) is 4.79 Å². The highest BCUT2D eigenvalue weighted by molar-refractivity contribution is 5.94. The molecule has 0 spiro atoms. The molecule has 1 aromatic heterocycles. The van der Waals surface area contributed by atoms with Crippen LogP contribution < -0.4 is 10.1 Å². The Bertz CT molecular complexity index is 825. The Kier molecular flexibility index (Phi) is 4.51. The molecular weight excluding hydrogens is 306 g/mol. The molecule has 1 heterocycles. The maximum atomic E-state index is 12.2. The van der Waals surface area contributed by atoms with Crippen LogP contribution in [0, 0.1) is 6.92 Å². The van der Waals surface area contributed by atoms with E-state index >= 15 is 0 Å². The molecule has 0 saturated carbocycles. The molecule has 0 aliphatic heterocycles. The number of carbonyl (C=O) groups excluding carboxylic acids is 1. The molecule has 0 aliphatic carbocycles. The highest BCUT2D eigenvalue weighted by Gasteiger charge is 2.11. The molecule has 7 nitrogen and oxygen atoms in total. The number of benzene rings is 2. The Balaban J connectivity index is 1.69. The Morgan fingerprint density at radius 1 is 1.12 bits per heavy atom. The molecular formula is C17H17N5O2. The summed E-state index contributed by atoms with van der Waals surface area (Å²) in [5, 5.41) is 14.5. The third kappa shape index (κ3) is 3.40. The van der Waals surface area contributed by atoms with E-state index in [1.165, 1.54) is 0 Å². The van der Waals surface area contributed by atoms with Gasteiger partial charge in [0.25, 0.3) is 5.91 Å². The third-order valence-corrected chi connectivity index (χ3v) is 3.57. The number of amides is 1. The normalized spacial score (nSPS) is 10.4. The van der Waals surface area contributed by atoms with Crippen LogP contribution in [0.1, 0.15) is 21.7 Å². The lowest BCUT2D eigenvalue weighted by Gasteiger charge is -2.07. The zero-order valence-electron chi connectivity index (χ0n) is 13.4. The van der Waals surface area contributed by atoms with Gasteiger partial charge in [0.2, 0.25) is 0 Å². The van der Waals surface area contributed by atoms with E-state index in [-0.39, 0.29) is 12.5 Å². The summed E-state index contributed by atoms with van der Waals surface area (Å²) in [6, 6.07) is 14.7. The molecule has 1 N–H and O–H groups in total.